The van der Waals surface area contributed by atoms with Crippen molar-refractivity contribution in [1.82, 2.24) is 0 Å². The molecule has 0 aliphatic rings. The third kappa shape index (κ3) is 5.06. The lowest BCUT2D eigenvalue weighted by atomic mass is 9.92. The molecule has 1 atom stereocenters. The van der Waals surface area contributed by atoms with Gasteiger partial charge in [0.2, 0.25) is 0 Å². The van der Waals surface area contributed by atoms with Crippen molar-refractivity contribution in [3.05, 3.63) is 28.8 Å². The molecule has 0 heterocycles. The maximum Gasteiger partial charge on any atom is 0.280 e. The van der Waals surface area contributed by atoms with Crippen LogP contribution in [-0.2, 0) is 9.84 Å². The largest absolute Gasteiger partial charge is 0.370 e. The Labute approximate surface area is 137 Å². The Morgan fingerprint density at radius 2 is 1.91 bits per heavy atom. The number of nitrogens with two attached hydrogens (primary N) is 2. The van der Waals surface area contributed by atoms with Crippen LogP contribution in [0.25, 0.3) is 0 Å². The molecule has 0 fully saturated rings. The van der Waals surface area contributed by atoms with Gasteiger partial charge in [-0.25, -0.2) is 8.42 Å². The zero-order chi connectivity index (χ0) is 17.8. The fourth-order valence-corrected chi connectivity index (χ4v) is 3.51. The molecule has 23 heavy (non-hydrogen) atoms. The zero-order valence-electron chi connectivity index (χ0n) is 14.1. The molecule has 1 unspecified atom stereocenters. The van der Waals surface area contributed by atoms with E-state index in [1.165, 1.54) is 6.07 Å². The highest BCUT2D eigenvalue weighted by molar-refractivity contribution is 7.90. The zero-order valence-corrected chi connectivity index (χ0v) is 14.9. The van der Waals surface area contributed by atoms with E-state index in [4.69, 9.17) is 11.5 Å². The number of aliphatic imine (C=N–C) groups is 1. The van der Waals surface area contributed by atoms with Crippen molar-refractivity contribution >= 4 is 21.7 Å². The van der Waals surface area contributed by atoms with Gasteiger partial charge in [0, 0.05) is 11.8 Å². The number of sulfone groups is 1. The third-order valence-electron chi connectivity index (χ3n) is 3.74. The van der Waals surface area contributed by atoms with Crippen LogP contribution in [0.15, 0.2) is 22.0 Å². The van der Waals surface area contributed by atoms with Crippen LogP contribution in [-0.4, -0.2) is 26.5 Å². The second-order valence-electron chi connectivity index (χ2n) is 5.86. The fraction of sp³-hybridized carbons (Fsp3) is 0.500. The summed E-state index contributed by atoms with van der Waals surface area (Å²) in [6.07, 6.45) is 4.08. The van der Waals surface area contributed by atoms with Gasteiger partial charge in [-0.05, 0) is 36.5 Å². The fourth-order valence-electron chi connectivity index (χ4n) is 2.49. The van der Waals surface area contributed by atoms with Crippen LogP contribution in [0.5, 0.6) is 0 Å². The van der Waals surface area contributed by atoms with Gasteiger partial charge in [-0.15, -0.1) is 0 Å². The maximum absolute atomic E-state index is 12.1. The first kappa shape index (κ1) is 19.2. The second-order valence-corrected chi connectivity index (χ2v) is 7.85. The number of rotatable bonds is 6. The van der Waals surface area contributed by atoms with Crippen molar-refractivity contribution in [2.24, 2.45) is 16.5 Å². The number of aryl methyl sites for hydroxylation is 1. The Balaban J connectivity index is 3.48. The number of hydrogen-bond acceptors (Lipinski definition) is 3. The molecule has 0 saturated heterocycles. The highest BCUT2D eigenvalue weighted by atomic mass is 32.2. The van der Waals surface area contributed by atoms with Gasteiger partial charge in [0.25, 0.3) is 5.91 Å². The van der Waals surface area contributed by atoms with Crippen molar-refractivity contribution in [3.8, 4) is 0 Å². The number of nitrogens with zero attached hydrogens (tertiary/aromatic N) is 1. The lowest BCUT2D eigenvalue weighted by Gasteiger charge is -2.18. The number of hydrogen-bond donors (Lipinski definition) is 2. The van der Waals surface area contributed by atoms with Gasteiger partial charge in [-0.3, -0.25) is 4.79 Å². The lowest BCUT2D eigenvalue weighted by Crippen LogP contribution is -2.24. The number of guanidine groups is 1. The Morgan fingerprint density at radius 1 is 1.30 bits per heavy atom. The van der Waals surface area contributed by atoms with E-state index >= 15 is 0 Å². The molecular formula is C16H25N3O3S. The van der Waals surface area contributed by atoms with Gasteiger partial charge < -0.3 is 11.5 Å². The Morgan fingerprint density at radius 3 is 2.39 bits per heavy atom. The number of amides is 1. The molecule has 4 N–H and O–H groups in total. The highest BCUT2D eigenvalue weighted by Gasteiger charge is 2.22. The summed E-state index contributed by atoms with van der Waals surface area (Å²) in [4.78, 5) is 15.7. The molecule has 1 rings (SSSR count). The minimum atomic E-state index is -3.47. The van der Waals surface area contributed by atoms with Gasteiger partial charge in [0.05, 0.1) is 4.90 Å². The van der Waals surface area contributed by atoms with Crippen molar-refractivity contribution in [2.75, 3.05) is 6.26 Å². The predicted octanol–water partition coefficient (Wildman–Crippen LogP) is 2.11. The van der Waals surface area contributed by atoms with Gasteiger partial charge >= 0.3 is 0 Å². The molecule has 1 aromatic rings. The SMILES string of the molecule is CCCCC(C)c1cc(C)c(C(=O)N=C(N)N)cc1S(C)(=O)=O. The lowest BCUT2D eigenvalue weighted by molar-refractivity contribution is 0.100. The second kappa shape index (κ2) is 7.59. The van der Waals surface area contributed by atoms with Crippen molar-refractivity contribution < 1.29 is 13.2 Å². The molecule has 0 spiro atoms. The van der Waals surface area contributed by atoms with Crippen LogP contribution in [0.1, 0.15) is 60.5 Å². The number of carbonyl (C=O) groups excluding carboxylic acids is 1. The molecule has 0 radical (unpaired) electrons. The van der Waals surface area contributed by atoms with E-state index in [2.05, 4.69) is 11.9 Å². The molecule has 1 aromatic carbocycles. The quantitative estimate of drug-likeness (QED) is 0.608. The van der Waals surface area contributed by atoms with Crippen LogP contribution >= 0.6 is 0 Å². The maximum atomic E-state index is 12.1. The average molecular weight is 339 g/mol. The summed E-state index contributed by atoms with van der Waals surface area (Å²) in [7, 11) is -3.47. The summed E-state index contributed by atoms with van der Waals surface area (Å²) in [5.41, 5.74) is 12.0. The summed E-state index contributed by atoms with van der Waals surface area (Å²) in [6, 6.07) is 3.14. The summed E-state index contributed by atoms with van der Waals surface area (Å²) in [5, 5.41) is 0. The van der Waals surface area contributed by atoms with E-state index < -0.39 is 15.7 Å². The van der Waals surface area contributed by atoms with E-state index in [9.17, 15) is 13.2 Å². The van der Waals surface area contributed by atoms with Crippen LogP contribution in [0.4, 0.5) is 0 Å². The Bertz CT molecular complexity index is 720. The molecular weight excluding hydrogens is 314 g/mol. The van der Waals surface area contributed by atoms with E-state index in [-0.39, 0.29) is 22.3 Å². The molecule has 128 valence electrons. The Kier molecular flexibility index (Phi) is 6.32. The summed E-state index contributed by atoms with van der Waals surface area (Å²) in [5.74, 6) is -0.901. The van der Waals surface area contributed by atoms with Crippen LogP contribution in [0.2, 0.25) is 0 Å². The van der Waals surface area contributed by atoms with Gasteiger partial charge in [-0.2, -0.15) is 4.99 Å². The van der Waals surface area contributed by atoms with Crippen molar-refractivity contribution in [2.45, 2.75) is 50.8 Å². The van der Waals surface area contributed by atoms with Crippen LogP contribution in [0, 0.1) is 6.92 Å². The van der Waals surface area contributed by atoms with Crippen molar-refractivity contribution in [3.63, 3.8) is 0 Å². The average Bonchev–Trinajstić information content (AvgIpc) is 2.42. The molecule has 7 heteroatoms. The number of carbonyl (C=O) groups is 1. The first-order valence-electron chi connectivity index (χ1n) is 7.56. The molecule has 0 aliphatic heterocycles. The molecule has 0 saturated carbocycles. The molecule has 1 amide bonds. The van der Waals surface area contributed by atoms with Gasteiger partial charge in [-0.1, -0.05) is 32.8 Å². The Hall–Kier alpha value is -1.89. The standard InChI is InChI=1S/C16H25N3O3S/c1-5-6-7-10(2)12-8-11(3)13(15(20)19-16(17)18)9-14(12)23(4,21)22/h8-10H,5-7H2,1-4H3,(H4,17,18,19,20). The van der Waals surface area contributed by atoms with Crippen LogP contribution < -0.4 is 11.5 Å². The van der Waals surface area contributed by atoms with E-state index in [1.54, 1.807) is 13.0 Å². The topological polar surface area (TPSA) is 116 Å². The van der Waals surface area contributed by atoms with E-state index in [0.29, 0.717) is 5.56 Å². The summed E-state index contributed by atoms with van der Waals surface area (Å²) >= 11 is 0. The van der Waals surface area contributed by atoms with Gasteiger partial charge in [0.15, 0.2) is 15.8 Å². The molecule has 6 nitrogen and oxygen atoms in total. The predicted molar refractivity (Wildman–Crippen MR) is 92.4 cm³/mol. The smallest absolute Gasteiger partial charge is 0.280 e. The van der Waals surface area contributed by atoms with E-state index in [1.807, 2.05) is 6.92 Å². The third-order valence-corrected chi connectivity index (χ3v) is 4.89. The number of unbranched alkanes of at least 4 members (excludes halogenated alkanes) is 1. The molecule has 0 aromatic heterocycles. The molecule has 0 bridgehead atoms. The van der Waals surface area contributed by atoms with Crippen molar-refractivity contribution in [1.29, 1.82) is 0 Å². The first-order valence-corrected chi connectivity index (χ1v) is 9.45. The highest BCUT2D eigenvalue weighted by Crippen LogP contribution is 2.31. The summed E-state index contributed by atoms with van der Waals surface area (Å²) < 4.78 is 24.3. The summed E-state index contributed by atoms with van der Waals surface area (Å²) in [6.45, 7) is 5.83. The monoisotopic (exact) mass is 339 g/mol. The minimum absolute atomic E-state index is 0.0885. The normalized spacial score (nSPS) is 12.7. The number of benzene rings is 1. The first-order chi connectivity index (χ1) is 10.6. The van der Waals surface area contributed by atoms with E-state index in [0.717, 1.165) is 31.1 Å². The minimum Gasteiger partial charge on any atom is -0.370 e. The van der Waals surface area contributed by atoms with Gasteiger partial charge in [0.1, 0.15) is 0 Å². The van der Waals surface area contributed by atoms with Crippen LogP contribution in [0.3, 0.4) is 0 Å². The molecule has 0 aliphatic carbocycles.